The number of hydrogen-bond donors (Lipinski definition) is 0. The Labute approximate surface area is 95.1 Å². The van der Waals surface area contributed by atoms with Crippen molar-refractivity contribution in [1.29, 1.82) is 0 Å². The molecule has 0 bridgehead atoms. The van der Waals surface area contributed by atoms with E-state index in [0.717, 1.165) is 17.8 Å². The molecule has 15 heavy (non-hydrogen) atoms. The predicted octanol–water partition coefficient (Wildman–Crippen LogP) is 4.81. The topological polar surface area (TPSA) is 0 Å². The standard InChI is InChI=1S/C15H26/c1-11-6-5-7-12(2)13-10-15(3,4)14(13)9-8-11/h6,12-14H,5,7-10H2,1-4H3/t12?,13-,14-/m1/s1. The monoisotopic (exact) mass is 206 g/mol. The van der Waals surface area contributed by atoms with Crippen molar-refractivity contribution in [2.75, 3.05) is 0 Å². The second-order valence-electron chi connectivity index (χ2n) is 6.61. The molecule has 0 aromatic rings. The highest BCUT2D eigenvalue weighted by molar-refractivity contribution is 5.05. The zero-order valence-electron chi connectivity index (χ0n) is 10.8. The van der Waals surface area contributed by atoms with E-state index in [2.05, 4.69) is 33.8 Å². The smallest absolute Gasteiger partial charge is 0.0320 e. The highest BCUT2D eigenvalue weighted by Crippen LogP contribution is 2.56. The molecule has 3 atom stereocenters. The van der Waals surface area contributed by atoms with E-state index in [0.29, 0.717) is 5.41 Å². The minimum atomic E-state index is 0.629. The molecule has 0 heteroatoms. The summed E-state index contributed by atoms with van der Waals surface area (Å²) >= 11 is 0. The molecular formula is C15H26. The van der Waals surface area contributed by atoms with Crippen LogP contribution >= 0.6 is 0 Å². The van der Waals surface area contributed by atoms with Gasteiger partial charge < -0.3 is 0 Å². The average molecular weight is 206 g/mol. The molecule has 0 aliphatic heterocycles. The first-order chi connectivity index (χ1) is 7.00. The van der Waals surface area contributed by atoms with Gasteiger partial charge in [-0.3, -0.25) is 0 Å². The molecule has 1 fully saturated rings. The van der Waals surface area contributed by atoms with Crippen LogP contribution in [0.3, 0.4) is 0 Å². The Balaban J connectivity index is 2.08. The SMILES string of the molecule is CC1=CCCC(C)[C@H]2CC(C)(C)[C@@H]2CC1. The Bertz CT molecular complexity index is 259. The summed E-state index contributed by atoms with van der Waals surface area (Å²) < 4.78 is 0. The van der Waals surface area contributed by atoms with Crippen LogP contribution in [0.1, 0.15) is 59.8 Å². The lowest BCUT2D eigenvalue weighted by Crippen LogP contribution is -2.46. The lowest BCUT2D eigenvalue weighted by Gasteiger charge is -2.54. The zero-order valence-corrected chi connectivity index (χ0v) is 10.8. The van der Waals surface area contributed by atoms with Gasteiger partial charge in [0.15, 0.2) is 0 Å². The van der Waals surface area contributed by atoms with Gasteiger partial charge in [0.1, 0.15) is 0 Å². The van der Waals surface area contributed by atoms with Crippen LogP contribution in [0.5, 0.6) is 0 Å². The zero-order chi connectivity index (χ0) is 11.1. The summed E-state index contributed by atoms with van der Waals surface area (Å²) in [5, 5.41) is 0. The molecule has 0 nitrogen and oxygen atoms in total. The van der Waals surface area contributed by atoms with Crippen LogP contribution in [0.15, 0.2) is 11.6 Å². The fourth-order valence-corrected chi connectivity index (χ4v) is 3.81. The first-order valence-electron chi connectivity index (χ1n) is 6.66. The lowest BCUT2D eigenvalue weighted by molar-refractivity contribution is -0.0483. The second-order valence-corrected chi connectivity index (χ2v) is 6.61. The van der Waals surface area contributed by atoms with Gasteiger partial charge in [-0.05, 0) is 62.2 Å². The maximum absolute atomic E-state index is 2.48. The van der Waals surface area contributed by atoms with E-state index in [4.69, 9.17) is 0 Å². The summed E-state index contributed by atoms with van der Waals surface area (Å²) in [5.74, 6) is 2.97. The molecule has 0 radical (unpaired) electrons. The largest absolute Gasteiger partial charge is 0.0856 e. The van der Waals surface area contributed by atoms with E-state index in [1.807, 2.05) is 0 Å². The van der Waals surface area contributed by atoms with Gasteiger partial charge in [0.05, 0.1) is 0 Å². The Morgan fingerprint density at radius 2 is 2.00 bits per heavy atom. The highest BCUT2D eigenvalue weighted by Gasteiger charge is 2.48. The molecule has 2 rings (SSSR count). The third kappa shape index (κ3) is 2.14. The number of rotatable bonds is 0. The van der Waals surface area contributed by atoms with Gasteiger partial charge in [-0.25, -0.2) is 0 Å². The van der Waals surface area contributed by atoms with Crippen molar-refractivity contribution in [1.82, 2.24) is 0 Å². The van der Waals surface area contributed by atoms with Crippen molar-refractivity contribution in [3.8, 4) is 0 Å². The Hall–Kier alpha value is -0.260. The minimum Gasteiger partial charge on any atom is -0.0856 e. The van der Waals surface area contributed by atoms with Crippen LogP contribution in [-0.2, 0) is 0 Å². The van der Waals surface area contributed by atoms with Gasteiger partial charge in [0.2, 0.25) is 0 Å². The normalized spacial score (nSPS) is 40.3. The van der Waals surface area contributed by atoms with E-state index >= 15 is 0 Å². The third-order valence-corrected chi connectivity index (χ3v) is 4.98. The van der Waals surface area contributed by atoms with Crippen LogP contribution in [0.25, 0.3) is 0 Å². The van der Waals surface area contributed by atoms with Crippen molar-refractivity contribution < 1.29 is 0 Å². The fraction of sp³-hybridized carbons (Fsp3) is 0.867. The molecule has 86 valence electrons. The maximum Gasteiger partial charge on any atom is -0.0320 e. The first kappa shape index (κ1) is 11.2. The van der Waals surface area contributed by atoms with Crippen LogP contribution in [0.4, 0.5) is 0 Å². The number of hydrogen-bond acceptors (Lipinski definition) is 0. The van der Waals surface area contributed by atoms with Gasteiger partial charge >= 0.3 is 0 Å². The quantitative estimate of drug-likeness (QED) is 0.499. The lowest BCUT2D eigenvalue weighted by atomic mass is 9.51. The molecule has 0 spiro atoms. The van der Waals surface area contributed by atoms with Crippen LogP contribution < -0.4 is 0 Å². The van der Waals surface area contributed by atoms with Gasteiger partial charge in [-0.1, -0.05) is 32.4 Å². The Kier molecular flexibility index (Phi) is 2.96. The number of fused-ring (bicyclic) bond motifs is 1. The first-order valence-corrected chi connectivity index (χ1v) is 6.66. The Morgan fingerprint density at radius 3 is 2.67 bits per heavy atom. The summed E-state index contributed by atoms with van der Waals surface area (Å²) in [6, 6.07) is 0. The van der Waals surface area contributed by atoms with Gasteiger partial charge in [-0.15, -0.1) is 0 Å². The van der Waals surface area contributed by atoms with E-state index in [1.165, 1.54) is 32.1 Å². The predicted molar refractivity (Wildman–Crippen MR) is 66.8 cm³/mol. The molecule has 0 N–H and O–H groups in total. The molecule has 0 saturated heterocycles. The third-order valence-electron chi connectivity index (χ3n) is 4.98. The van der Waals surface area contributed by atoms with E-state index < -0.39 is 0 Å². The summed E-state index contributed by atoms with van der Waals surface area (Å²) in [4.78, 5) is 0. The molecule has 1 saturated carbocycles. The molecule has 0 aromatic carbocycles. The average Bonchev–Trinajstić information content (AvgIpc) is 2.18. The van der Waals surface area contributed by atoms with Gasteiger partial charge in [0, 0.05) is 0 Å². The van der Waals surface area contributed by atoms with Gasteiger partial charge in [0.25, 0.3) is 0 Å². The molecule has 0 amide bonds. The summed E-state index contributed by atoms with van der Waals surface area (Å²) in [7, 11) is 0. The molecule has 0 aromatic heterocycles. The fourth-order valence-electron chi connectivity index (χ4n) is 3.81. The summed E-state index contributed by atoms with van der Waals surface area (Å²) in [5.41, 5.74) is 2.26. The van der Waals surface area contributed by atoms with Crippen molar-refractivity contribution >= 4 is 0 Å². The van der Waals surface area contributed by atoms with E-state index in [-0.39, 0.29) is 0 Å². The minimum absolute atomic E-state index is 0.629. The highest BCUT2D eigenvalue weighted by atomic mass is 14.5. The number of allylic oxidation sites excluding steroid dienone is 2. The van der Waals surface area contributed by atoms with Crippen molar-refractivity contribution in [3.63, 3.8) is 0 Å². The summed E-state index contributed by atoms with van der Waals surface area (Å²) in [6.45, 7) is 9.73. The van der Waals surface area contributed by atoms with Crippen LogP contribution in [0.2, 0.25) is 0 Å². The van der Waals surface area contributed by atoms with Crippen molar-refractivity contribution in [2.45, 2.75) is 59.8 Å². The van der Waals surface area contributed by atoms with E-state index in [9.17, 15) is 0 Å². The van der Waals surface area contributed by atoms with Crippen LogP contribution in [0, 0.1) is 23.2 Å². The molecule has 2 aliphatic rings. The van der Waals surface area contributed by atoms with Crippen molar-refractivity contribution in [3.05, 3.63) is 11.6 Å². The molecular weight excluding hydrogens is 180 g/mol. The van der Waals surface area contributed by atoms with Crippen LogP contribution in [-0.4, -0.2) is 0 Å². The molecule has 1 unspecified atom stereocenters. The van der Waals surface area contributed by atoms with E-state index in [1.54, 1.807) is 5.57 Å². The Morgan fingerprint density at radius 1 is 1.27 bits per heavy atom. The van der Waals surface area contributed by atoms with Gasteiger partial charge in [-0.2, -0.15) is 0 Å². The molecule has 0 heterocycles. The van der Waals surface area contributed by atoms with Crippen molar-refractivity contribution in [2.24, 2.45) is 23.2 Å². The second kappa shape index (κ2) is 3.96. The molecule has 2 aliphatic carbocycles. The maximum atomic E-state index is 2.48. The summed E-state index contributed by atoms with van der Waals surface area (Å²) in [6.07, 6.45) is 9.46.